The van der Waals surface area contributed by atoms with Crippen LogP contribution in [0.15, 0.2) is 0 Å². The second-order valence-corrected chi connectivity index (χ2v) is 5.31. The van der Waals surface area contributed by atoms with E-state index in [1.54, 1.807) is 27.7 Å². The smallest absolute Gasteiger partial charge is 0.410 e. The summed E-state index contributed by atoms with van der Waals surface area (Å²) in [5, 5.41) is 9.75. The summed E-state index contributed by atoms with van der Waals surface area (Å²) in [5.74, 6) is -1.16. The number of β-amino-alcohol motifs (C(OH)–C–C–N with tert-alkyl or cyclic N) is 1. The molecule has 104 valence electrons. The van der Waals surface area contributed by atoms with Crippen molar-refractivity contribution in [1.82, 2.24) is 4.90 Å². The summed E-state index contributed by atoms with van der Waals surface area (Å²) >= 11 is 0. The lowest BCUT2D eigenvalue weighted by Crippen LogP contribution is -2.36. The number of hydrogen-bond donors (Lipinski definition) is 1. The Morgan fingerprint density at radius 3 is 2.44 bits per heavy atom. The standard InChI is InChI=1S/C12H21NO5/c1-5-17-10(15)8-6-13(7-9(8)14)11(16)18-12(2,3)4/h8-9,14H,5-7H2,1-4H3. The Morgan fingerprint density at radius 2 is 1.94 bits per heavy atom. The molecule has 0 aromatic carbocycles. The molecule has 6 heteroatoms. The van der Waals surface area contributed by atoms with Crippen LogP contribution >= 0.6 is 0 Å². The molecular formula is C12H21NO5. The van der Waals surface area contributed by atoms with Gasteiger partial charge in [-0.1, -0.05) is 0 Å². The highest BCUT2D eigenvalue weighted by Crippen LogP contribution is 2.21. The Morgan fingerprint density at radius 1 is 1.33 bits per heavy atom. The summed E-state index contributed by atoms with van der Waals surface area (Å²) in [4.78, 5) is 24.7. The zero-order valence-corrected chi connectivity index (χ0v) is 11.3. The molecule has 18 heavy (non-hydrogen) atoms. The average molecular weight is 259 g/mol. The van der Waals surface area contributed by atoms with Gasteiger partial charge in [0.1, 0.15) is 11.5 Å². The molecular weight excluding hydrogens is 238 g/mol. The molecule has 1 aliphatic heterocycles. The number of ether oxygens (including phenoxy) is 2. The molecule has 2 unspecified atom stereocenters. The zero-order valence-electron chi connectivity index (χ0n) is 11.3. The third-order valence-corrected chi connectivity index (χ3v) is 2.53. The number of rotatable bonds is 2. The van der Waals surface area contributed by atoms with Crippen LogP contribution in [0.3, 0.4) is 0 Å². The monoisotopic (exact) mass is 259 g/mol. The van der Waals surface area contributed by atoms with E-state index in [4.69, 9.17) is 9.47 Å². The van der Waals surface area contributed by atoms with Crippen LogP contribution < -0.4 is 0 Å². The number of carbonyl (C=O) groups is 2. The van der Waals surface area contributed by atoms with Gasteiger partial charge in [0.15, 0.2) is 0 Å². The molecule has 2 atom stereocenters. The first kappa shape index (κ1) is 14.8. The van der Waals surface area contributed by atoms with Crippen molar-refractivity contribution < 1.29 is 24.2 Å². The van der Waals surface area contributed by atoms with Crippen LogP contribution in [-0.2, 0) is 14.3 Å². The third-order valence-electron chi connectivity index (χ3n) is 2.53. The van der Waals surface area contributed by atoms with Crippen molar-refractivity contribution >= 4 is 12.1 Å². The first-order chi connectivity index (χ1) is 8.24. The maximum Gasteiger partial charge on any atom is 0.410 e. The minimum absolute atomic E-state index is 0.0956. The van der Waals surface area contributed by atoms with Gasteiger partial charge in [-0.05, 0) is 27.7 Å². The third kappa shape index (κ3) is 3.87. The van der Waals surface area contributed by atoms with E-state index >= 15 is 0 Å². The molecule has 1 rings (SSSR count). The van der Waals surface area contributed by atoms with Crippen LogP contribution in [-0.4, -0.2) is 53.5 Å². The second-order valence-electron chi connectivity index (χ2n) is 5.31. The topological polar surface area (TPSA) is 76.1 Å². The molecule has 1 saturated heterocycles. The number of aliphatic hydroxyl groups is 1. The molecule has 1 amide bonds. The fourth-order valence-electron chi connectivity index (χ4n) is 1.74. The van der Waals surface area contributed by atoms with Crippen molar-refractivity contribution in [1.29, 1.82) is 0 Å². The maximum absolute atomic E-state index is 11.8. The predicted octanol–water partition coefficient (Wildman–Crippen LogP) is 0.777. The van der Waals surface area contributed by atoms with E-state index in [-0.39, 0.29) is 19.7 Å². The maximum atomic E-state index is 11.8. The Labute approximate surface area is 107 Å². The van der Waals surface area contributed by atoms with E-state index in [2.05, 4.69) is 0 Å². The van der Waals surface area contributed by atoms with Crippen molar-refractivity contribution in [2.75, 3.05) is 19.7 Å². The van der Waals surface area contributed by atoms with E-state index in [0.717, 1.165) is 0 Å². The molecule has 0 saturated carbocycles. The Kier molecular flexibility index (Phi) is 4.56. The van der Waals surface area contributed by atoms with E-state index in [1.807, 2.05) is 0 Å². The van der Waals surface area contributed by atoms with Gasteiger partial charge in [-0.25, -0.2) is 4.79 Å². The number of likely N-dealkylation sites (tertiary alicyclic amines) is 1. The van der Waals surface area contributed by atoms with Gasteiger partial charge in [-0.15, -0.1) is 0 Å². The molecule has 1 heterocycles. The first-order valence-electron chi connectivity index (χ1n) is 6.07. The second kappa shape index (κ2) is 5.56. The summed E-state index contributed by atoms with van der Waals surface area (Å²) in [6.07, 6.45) is -1.41. The number of nitrogens with zero attached hydrogens (tertiary/aromatic N) is 1. The van der Waals surface area contributed by atoms with Crippen LogP contribution in [0.1, 0.15) is 27.7 Å². The highest BCUT2D eigenvalue weighted by Gasteiger charge is 2.40. The fourth-order valence-corrected chi connectivity index (χ4v) is 1.74. The van der Waals surface area contributed by atoms with Crippen molar-refractivity contribution in [3.05, 3.63) is 0 Å². The van der Waals surface area contributed by atoms with Crippen LogP contribution in [0.25, 0.3) is 0 Å². The minimum atomic E-state index is -0.892. The van der Waals surface area contributed by atoms with Crippen molar-refractivity contribution in [3.63, 3.8) is 0 Å². The number of amides is 1. The van der Waals surface area contributed by atoms with Gasteiger partial charge in [0, 0.05) is 6.54 Å². The molecule has 0 aromatic heterocycles. The van der Waals surface area contributed by atoms with Crippen LogP contribution in [0.5, 0.6) is 0 Å². The molecule has 0 aromatic rings. The summed E-state index contributed by atoms with van der Waals surface area (Å²) in [5.41, 5.74) is -0.593. The van der Waals surface area contributed by atoms with Gasteiger partial charge in [-0.2, -0.15) is 0 Å². The van der Waals surface area contributed by atoms with Gasteiger partial charge in [0.25, 0.3) is 0 Å². The molecule has 1 aliphatic rings. The summed E-state index contributed by atoms with van der Waals surface area (Å²) in [6.45, 7) is 7.48. The number of carbonyl (C=O) groups excluding carboxylic acids is 2. The molecule has 1 N–H and O–H groups in total. The highest BCUT2D eigenvalue weighted by molar-refractivity contribution is 5.76. The number of aliphatic hydroxyl groups excluding tert-OH is 1. The first-order valence-corrected chi connectivity index (χ1v) is 6.07. The van der Waals surface area contributed by atoms with Gasteiger partial charge >= 0.3 is 12.1 Å². The van der Waals surface area contributed by atoms with Gasteiger partial charge in [0.05, 0.1) is 19.3 Å². The normalized spacial score (nSPS) is 23.9. The Bertz CT molecular complexity index is 323. The lowest BCUT2D eigenvalue weighted by atomic mass is 10.1. The van der Waals surface area contributed by atoms with E-state index < -0.39 is 29.7 Å². The van der Waals surface area contributed by atoms with E-state index in [0.29, 0.717) is 0 Å². The zero-order chi connectivity index (χ0) is 13.9. The van der Waals surface area contributed by atoms with Crippen LogP contribution in [0, 0.1) is 5.92 Å². The molecule has 0 aliphatic carbocycles. The lowest BCUT2D eigenvalue weighted by Gasteiger charge is -2.24. The molecule has 6 nitrogen and oxygen atoms in total. The van der Waals surface area contributed by atoms with Gasteiger partial charge < -0.3 is 19.5 Å². The summed E-state index contributed by atoms with van der Waals surface area (Å²) < 4.78 is 10.0. The van der Waals surface area contributed by atoms with Crippen LogP contribution in [0.4, 0.5) is 4.79 Å². The van der Waals surface area contributed by atoms with Gasteiger partial charge in [0.2, 0.25) is 0 Å². The number of esters is 1. The van der Waals surface area contributed by atoms with E-state index in [1.165, 1.54) is 4.90 Å². The highest BCUT2D eigenvalue weighted by atomic mass is 16.6. The largest absolute Gasteiger partial charge is 0.466 e. The minimum Gasteiger partial charge on any atom is -0.466 e. The Hall–Kier alpha value is -1.30. The summed E-state index contributed by atoms with van der Waals surface area (Å²) in [7, 11) is 0. The quantitative estimate of drug-likeness (QED) is 0.741. The fraction of sp³-hybridized carbons (Fsp3) is 0.833. The van der Waals surface area contributed by atoms with Crippen molar-refractivity contribution in [2.45, 2.75) is 39.4 Å². The number of hydrogen-bond acceptors (Lipinski definition) is 5. The van der Waals surface area contributed by atoms with Crippen molar-refractivity contribution in [2.24, 2.45) is 5.92 Å². The van der Waals surface area contributed by atoms with Gasteiger partial charge in [-0.3, -0.25) is 4.79 Å². The average Bonchev–Trinajstić information content (AvgIpc) is 2.58. The Balaban J connectivity index is 2.58. The SMILES string of the molecule is CCOC(=O)C1CN(C(=O)OC(C)(C)C)CC1O. The molecule has 0 spiro atoms. The van der Waals surface area contributed by atoms with E-state index in [9.17, 15) is 14.7 Å². The molecule has 0 bridgehead atoms. The predicted molar refractivity (Wildman–Crippen MR) is 63.9 cm³/mol. The summed E-state index contributed by atoms with van der Waals surface area (Å²) in [6, 6.07) is 0. The lowest BCUT2D eigenvalue weighted by molar-refractivity contribution is -0.150. The van der Waals surface area contributed by atoms with Crippen LogP contribution in [0.2, 0.25) is 0 Å². The molecule has 0 radical (unpaired) electrons. The van der Waals surface area contributed by atoms with Crippen molar-refractivity contribution in [3.8, 4) is 0 Å². The molecule has 1 fully saturated rings.